The molecule has 0 spiro atoms. The zero-order valence-corrected chi connectivity index (χ0v) is 12.1. The molecule has 1 N–H and O–H groups in total. The molecule has 0 bridgehead atoms. The highest BCUT2D eigenvalue weighted by Crippen LogP contribution is 2.28. The van der Waals surface area contributed by atoms with Crippen LogP contribution in [0.25, 0.3) is 0 Å². The van der Waals surface area contributed by atoms with Crippen molar-refractivity contribution in [3.8, 4) is 0 Å². The summed E-state index contributed by atoms with van der Waals surface area (Å²) in [5.41, 5.74) is 0.671. The minimum atomic E-state index is -0.444. The van der Waals surface area contributed by atoms with E-state index < -0.39 is 6.04 Å². The van der Waals surface area contributed by atoms with E-state index in [4.69, 9.17) is 11.6 Å². The highest BCUT2D eigenvalue weighted by molar-refractivity contribution is 9.10. The number of hydrogen-bond donors (Lipinski definition) is 1. The second kappa shape index (κ2) is 5.28. The van der Waals surface area contributed by atoms with Gasteiger partial charge in [0.05, 0.1) is 5.02 Å². The van der Waals surface area contributed by atoms with E-state index in [1.165, 1.54) is 4.90 Å². The number of anilines is 1. The van der Waals surface area contributed by atoms with Crippen molar-refractivity contribution in [3.63, 3.8) is 0 Å². The summed E-state index contributed by atoms with van der Waals surface area (Å²) in [5.74, 6) is -0.237. The molecular formula is C12H12BrClN2O2. The molecule has 0 saturated carbocycles. The first-order valence-corrected chi connectivity index (χ1v) is 6.75. The van der Waals surface area contributed by atoms with Gasteiger partial charge in [-0.25, -0.2) is 0 Å². The molecule has 1 saturated heterocycles. The van der Waals surface area contributed by atoms with E-state index in [2.05, 4.69) is 21.2 Å². The number of rotatable bonds is 2. The number of amides is 2. The van der Waals surface area contributed by atoms with Crippen LogP contribution in [0.1, 0.15) is 13.3 Å². The van der Waals surface area contributed by atoms with Crippen molar-refractivity contribution >= 4 is 45.0 Å². The number of carbonyl (C=O) groups excluding carboxylic acids is 2. The Morgan fingerprint density at radius 2 is 2.22 bits per heavy atom. The molecule has 1 heterocycles. The van der Waals surface area contributed by atoms with E-state index in [0.717, 1.165) is 0 Å². The van der Waals surface area contributed by atoms with Crippen LogP contribution in [0.5, 0.6) is 0 Å². The summed E-state index contributed by atoms with van der Waals surface area (Å²) in [4.78, 5) is 25.2. The first kappa shape index (κ1) is 13.4. The van der Waals surface area contributed by atoms with Crippen LogP contribution < -0.4 is 10.2 Å². The van der Waals surface area contributed by atoms with E-state index in [-0.39, 0.29) is 18.4 Å². The lowest BCUT2D eigenvalue weighted by Crippen LogP contribution is -2.58. The molecule has 96 valence electrons. The predicted octanol–water partition coefficient (Wildman–Crippen LogP) is 2.34. The fraction of sp³-hybridized carbons (Fsp3) is 0.333. The second-order valence-electron chi connectivity index (χ2n) is 4.05. The molecule has 0 aliphatic carbocycles. The molecule has 1 aliphatic heterocycles. The van der Waals surface area contributed by atoms with E-state index in [1.54, 1.807) is 18.2 Å². The molecule has 18 heavy (non-hydrogen) atoms. The zero-order valence-electron chi connectivity index (χ0n) is 9.74. The van der Waals surface area contributed by atoms with Gasteiger partial charge in [0.15, 0.2) is 0 Å². The van der Waals surface area contributed by atoms with Gasteiger partial charge in [0, 0.05) is 10.2 Å². The number of nitrogens with one attached hydrogen (secondary N) is 1. The first-order valence-electron chi connectivity index (χ1n) is 5.58. The van der Waals surface area contributed by atoms with Gasteiger partial charge in [-0.15, -0.1) is 0 Å². The maximum Gasteiger partial charge on any atom is 0.250 e. The third-order valence-corrected chi connectivity index (χ3v) is 4.04. The lowest BCUT2D eigenvalue weighted by atomic mass is 10.1. The van der Waals surface area contributed by atoms with Crippen molar-refractivity contribution < 1.29 is 9.59 Å². The van der Waals surface area contributed by atoms with E-state index >= 15 is 0 Å². The molecule has 1 fully saturated rings. The normalized spacial score (nSPS) is 19.9. The van der Waals surface area contributed by atoms with Crippen molar-refractivity contribution in [2.75, 3.05) is 11.4 Å². The maximum absolute atomic E-state index is 12.2. The topological polar surface area (TPSA) is 49.4 Å². The van der Waals surface area contributed by atoms with E-state index in [1.807, 2.05) is 6.92 Å². The molecule has 2 amide bonds. The van der Waals surface area contributed by atoms with Gasteiger partial charge in [-0.2, -0.15) is 0 Å². The lowest BCUT2D eigenvalue weighted by molar-refractivity contribution is -0.131. The van der Waals surface area contributed by atoms with Gasteiger partial charge in [-0.05, 0) is 40.5 Å². The average Bonchev–Trinajstić information content (AvgIpc) is 2.35. The number of nitrogens with zero attached hydrogens (tertiary/aromatic N) is 1. The van der Waals surface area contributed by atoms with Gasteiger partial charge >= 0.3 is 0 Å². The number of benzene rings is 1. The maximum atomic E-state index is 12.2. The molecule has 1 aromatic carbocycles. The molecule has 0 radical (unpaired) electrons. The van der Waals surface area contributed by atoms with Crippen molar-refractivity contribution in [2.24, 2.45) is 0 Å². The van der Waals surface area contributed by atoms with Crippen LogP contribution in [-0.2, 0) is 9.59 Å². The van der Waals surface area contributed by atoms with Crippen LogP contribution in [-0.4, -0.2) is 24.4 Å². The Morgan fingerprint density at radius 3 is 2.83 bits per heavy atom. The summed E-state index contributed by atoms with van der Waals surface area (Å²) in [6, 6.07) is 4.73. The average molecular weight is 332 g/mol. The molecule has 0 aromatic heterocycles. The van der Waals surface area contributed by atoms with Crippen LogP contribution in [0, 0.1) is 0 Å². The van der Waals surface area contributed by atoms with Gasteiger partial charge in [-0.3, -0.25) is 9.59 Å². The fourth-order valence-corrected chi connectivity index (χ4v) is 2.34. The standard InChI is InChI=1S/C12H12BrClN2O2/c1-2-10-12(18)16(6-11(17)15-10)7-3-4-9(14)8(13)5-7/h3-5,10H,2,6H2,1H3,(H,15,17). The Labute approximate surface area is 118 Å². The first-order chi connectivity index (χ1) is 8.52. The van der Waals surface area contributed by atoms with Crippen molar-refractivity contribution in [1.29, 1.82) is 0 Å². The van der Waals surface area contributed by atoms with E-state index in [0.29, 0.717) is 21.6 Å². The van der Waals surface area contributed by atoms with Gasteiger partial charge in [0.25, 0.3) is 0 Å². The van der Waals surface area contributed by atoms with Crippen LogP contribution in [0.2, 0.25) is 5.02 Å². The Morgan fingerprint density at radius 1 is 1.50 bits per heavy atom. The molecule has 1 aliphatic rings. The molecule has 6 heteroatoms. The fourth-order valence-electron chi connectivity index (χ4n) is 1.86. The quantitative estimate of drug-likeness (QED) is 0.904. The number of halogens is 2. The predicted molar refractivity (Wildman–Crippen MR) is 73.7 cm³/mol. The van der Waals surface area contributed by atoms with E-state index in [9.17, 15) is 9.59 Å². The minimum Gasteiger partial charge on any atom is -0.343 e. The third kappa shape index (κ3) is 2.52. The van der Waals surface area contributed by atoms with Crippen LogP contribution in [0.15, 0.2) is 22.7 Å². The summed E-state index contributed by atoms with van der Waals surface area (Å²) in [6.45, 7) is 1.91. The van der Waals surface area contributed by atoms with Gasteiger partial charge in [0.2, 0.25) is 11.8 Å². The largest absolute Gasteiger partial charge is 0.343 e. The van der Waals surface area contributed by atoms with Crippen LogP contribution in [0.3, 0.4) is 0 Å². The number of carbonyl (C=O) groups is 2. The Hall–Kier alpha value is -1.07. The summed E-state index contributed by atoms with van der Waals surface area (Å²) in [5, 5.41) is 3.24. The summed E-state index contributed by atoms with van der Waals surface area (Å²) < 4.78 is 0.702. The van der Waals surface area contributed by atoms with Crippen molar-refractivity contribution in [3.05, 3.63) is 27.7 Å². The number of hydrogen-bond acceptors (Lipinski definition) is 2. The second-order valence-corrected chi connectivity index (χ2v) is 5.31. The minimum absolute atomic E-state index is 0.0450. The molecule has 1 unspecified atom stereocenters. The van der Waals surface area contributed by atoms with Gasteiger partial charge in [0.1, 0.15) is 12.6 Å². The van der Waals surface area contributed by atoms with Crippen molar-refractivity contribution in [2.45, 2.75) is 19.4 Å². The molecule has 4 nitrogen and oxygen atoms in total. The summed E-state index contributed by atoms with van der Waals surface area (Å²) in [7, 11) is 0. The lowest BCUT2D eigenvalue weighted by Gasteiger charge is -2.32. The smallest absolute Gasteiger partial charge is 0.250 e. The monoisotopic (exact) mass is 330 g/mol. The number of piperazine rings is 1. The Bertz CT molecular complexity index is 507. The summed E-state index contributed by atoms with van der Waals surface area (Å²) in [6.07, 6.45) is 0.579. The molecule has 2 rings (SSSR count). The highest BCUT2D eigenvalue weighted by atomic mass is 79.9. The van der Waals surface area contributed by atoms with Gasteiger partial charge < -0.3 is 10.2 Å². The molecule has 1 atom stereocenters. The van der Waals surface area contributed by atoms with Gasteiger partial charge in [-0.1, -0.05) is 18.5 Å². The molecule has 1 aromatic rings. The molecular weight excluding hydrogens is 320 g/mol. The third-order valence-electron chi connectivity index (χ3n) is 2.82. The Balaban J connectivity index is 2.33. The van der Waals surface area contributed by atoms with Crippen molar-refractivity contribution in [1.82, 2.24) is 5.32 Å². The zero-order chi connectivity index (χ0) is 13.3. The SMILES string of the molecule is CCC1NC(=O)CN(c2ccc(Cl)c(Br)c2)C1=O. The Kier molecular flexibility index (Phi) is 3.92. The van der Waals surface area contributed by atoms with Crippen LogP contribution in [0.4, 0.5) is 5.69 Å². The van der Waals surface area contributed by atoms with Crippen LogP contribution >= 0.6 is 27.5 Å². The summed E-state index contributed by atoms with van der Waals surface area (Å²) >= 11 is 9.22. The highest BCUT2D eigenvalue weighted by Gasteiger charge is 2.32.